The quantitative estimate of drug-likeness (QED) is 0.763. The zero-order valence-corrected chi connectivity index (χ0v) is 12.8. The van der Waals surface area contributed by atoms with Crippen LogP contribution in [0.25, 0.3) is 6.08 Å². The molecule has 110 valence electrons. The number of carbonyl (C=O) groups excluding carboxylic acids is 2. The fourth-order valence-corrected chi connectivity index (χ4v) is 2.74. The van der Waals surface area contributed by atoms with Crippen molar-refractivity contribution in [3.8, 4) is 0 Å². The Morgan fingerprint density at radius 3 is 2.64 bits per heavy atom. The molecular weight excluding hydrogens is 296 g/mol. The molecule has 0 radical (unpaired) electrons. The second kappa shape index (κ2) is 6.29. The molecule has 0 N–H and O–H groups in total. The Labute approximate surface area is 134 Å². The molecule has 22 heavy (non-hydrogen) atoms. The van der Waals surface area contributed by atoms with Crippen molar-refractivity contribution in [3.63, 3.8) is 0 Å². The van der Waals surface area contributed by atoms with E-state index in [2.05, 4.69) is 0 Å². The molecular formula is C19H15ClO2. The van der Waals surface area contributed by atoms with Crippen LogP contribution in [0.3, 0.4) is 0 Å². The summed E-state index contributed by atoms with van der Waals surface area (Å²) in [7, 11) is 0. The van der Waals surface area contributed by atoms with E-state index in [0.717, 1.165) is 23.1 Å². The zero-order chi connectivity index (χ0) is 15.5. The molecule has 0 saturated carbocycles. The van der Waals surface area contributed by atoms with Crippen LogP contribution in [-0.4, -0.2) is 11.6 Å². The number of benzene rings is 2. The van der Waals surface area contributed by atoms with E-state index in [0.29, 0.717) is 23.4 Å². The molecule has 1 aliphatic rings. The van der Waals surface area contributed by atoms with E-state index >= 15 is 0 Å². The van der Waals surface area contributed by atoms with E-state index in [1.807, 2.05) is 30.4 Å². The van der Waals surface area contributed by atoms with E-state index in [9.17, 15) is 9.59 Å². The van der Waals surface area contributed by atoms with Crippen LogP contribution in [0, 0.1) is 0 Å². The van der Waals surface area contributed by atoms with E-state index in [1.54, 1.807) is 24.3 Å². The maximum atomic E-state index is 12.0. The summed E-state index contributed by atoms with van der Waals surface area (Å²) in [4.78, 5) is 23.8. The van der Waals surface area contributed by atoms with E-state index in [-0.39, 0.29) is 11.6 Å². The number of rotatable bonds is 4. The van der Waals surface area contributed by atoms with Crippen LogP contribution in [-0.2, 0) is 6.42 Å². The van der Waals surface area contributed by atoms with Crippen molar-refractivity contribution < 1.29 is 9.59 Å². The fourth-order valence-electron chi connectivity index (χ4n) is 2.61. The number of carbonyl (C=O) groups is 2. The van der Waals surface area contributed by atoms with Crippen molar-refractivity contribution in [1.82, 2.24) is 0 Å². The first kappa shape index (κ1) is 14.7. The summed E-state index contributed by atoms with van der Waals surface area (Å²) in [5.41, 5.74) is 3.56. The van der Waals surface area contributed by atoms with Crippen molar-refractivity contribution in [2.75, 3.05) is 0 Å². The number of hydrogen-bond acceptors (Lipinski definition) is 2. The molecule has 0 atom stereocenters. The van der Waals surface area contributed by atoms with Crippen LogP contribution < -0.4 is 0 Å². The lowest BCUT2D eigenvalue weighted by molar-refractivity contribution is 0.0987. The van der Waals surface area contributed by atoms with Crippen LogP contribution >= 0.6 is 11.6 Å². The number of Topliss-reactive ketones (excluding diaryl/α,β-unsaturated/α-hetero) is 2. The number of aryl methyl sites for hydroxylation is 1. The van der Waals surface area contributed by atoms with Gasteiger partial charge in [-0.05, 0) is 47.9 Å². The molecule has 0 bridgehead atoms. The predicted molar refractivity (Wildman–Crippen MR) is 88.5 cm³/mol. The molecule has 2 nitrogen and oxygen atoms in total. The van der Waals surface area contributed by atoms with Gasteiger partial charge in [-0.3, -0.25) is 9.59 Å². The van der Waals surface area contributed by atoms with Crippen LogP contribution in [0.15, 0.2) is 48.5 Å². The summed E-state index contributed by atoms with van der Waals surface area (Å²) in [5, 5.41) is 0.620. The molecule has 0 aliphatic heterocycles. The van der Waals surface area contributed by atoms with E-state index in [1.165, 1.54) is 0 Å². The number of hydrogen-bond donors (Lipinski definition) is 0. The number of fused-ring (bicyclic) bond motifs is 1. The summed E-state index contributed by atoms with van der Waals surface area (Å²) < 4.78 is 0. The van der Waals surface area contributed by atoms with Crippen LogP contribution in [0.5, 0.6) is 0 Å². The van der Waals surface area contributed by atoms with Gasteiger partial charge in [0.15, 0.2) is 11.6 Å². The molecule has 0 unspecified atom stereocenters. The molecule has 0 spiro atoms. The molecule has 0 heterocycles. The van der Waals surface area contributed by atoms with Crippen molar-refractivity contribution in [2.45, 2.75) is 19.3 Å². The lowest BCUT2D eigenvalue weighted by Gasteiger charge is -2.00. The normalized spacial score (nSPS) is 13.6. The number of halogens is 1. The molecule has 1 aliphatic carbocycles. The van der Waals surface area contributed by atoms with Crippen molar-refractivity contribution in [2.24, 2.45) is 0 Å². The lowest BCUT2D eigenvalue weighted by Crippen LogP contribution is -1.96. The predicted octanol–water partition coefficient (Wildman–Crippen LogP) is 4.76. The molecule has 3 rings (SSSR count). The summed E-state index contributed by atoms with van der Waals surface area (Å²) >= 11 is 5.81. The Hall–Kier alpha value is -2.19. The summed E-state index contributed by atoms with van der Waals surface area (Å²) in [6, 6.07) is 12.8. The van der Waals surface area contributed by atoms with Crippen molar-refractivity contribution in [1.29, 1.82) is 0 Å². The minimum Gasteiger partial charge on any atom is -0.294 e. The molecule has 2 aromatic carbocycles. The average molecular weight is 311 g/mol. The Balaban J connectivity index is 1.67. The lowest BCUT2D eigenvalue weighted by atomic mass is 10.0. The second-order valence-electron chi connectivity index (χ2n) is 5.38. The maximum Gasteiger partial charge on any atom is 0.166 e. The summed E-state index contributed by atoms with van der Waals surface area (Å²) in [6.45, 7) is 0. The number of ketones is 2. The topological polar surface area (TPSA) is 34.1 Å². The molecule has 3 heteroatoms. The molecule has 0 fully saturated rings. The van der Waals surface area contributed by atoms with Gasteiger partial charge in [0.05, 0.1) is 0 Å². The maximum absolute atomic E-state index is 12.0. The van der Waals surface area contributed by atoms with Gasteiger partial charge in [0, 0.05) is 29.0 Å². The standard InChI is InChI=1S/C19H15ClO2/c20-16-9-6-15(7-10-16)18(21)3-1-2-13-4-5-14-8-11-19(22)17(14)12-13/h1-2,4-7,9-10,12H,3,8,11H2/b2-1+. The van der Waals surface area contributed by atoms with Gasteiger partial charge in [0.2, 0.25) is 0 Å². The van der Waals surface area contributed by atoms with Crippen LogP contribution in [0.2, 0.25) is 5.02 Å². The van der Waals surface area contributed by atoms with Gasteiger partial charge in [-0.25, -0.2) is 0 Å². The first-order chi connectivity index (χ1) is 10.6. The second-order valence-corrected chi connectivity index (χ2v) is 5.81. The van der Waals surface area contributed by atoms with E-state index in [4.69, 9.17) is 11.6 Å². The first-order valence-electron chi connectivity index (χ1n) is 7.25. The highest BCUT2D eigenvalue weighted by atomic mass is 35.5. The van der Waals surface area contributed by atoms with Gasteiger partial charge in [0.25, 0.3) is 0 Å². The van der Waals surface area contributed by atoms with Gasteiger partial charge in [0.1, 0.15) is 0 Å². The summed E-state index contributed by atoms with van der Waals surface area (Å²) in [6.07, 6.45) is 5.50. The van der Waals surface area contributed by atoms with Crippen molar-refractivity contribution in [3.05, 3.63) is 75.8 Å². The van der Waals surface area contributed by atoms with E-state index < -0.39 is 0 Å². The molecule has 2 aromatic rings. The Kier molecular flexibility index (Phi) is 4.21. The molecule has 0 saturated heterocycles. The zero-order valence-electron chi connectivity index (χ0n) is 12.0. The first-order valence-corrected chi connectivity index (χ1v) is 7.63. The minimum atomic E-state index is 0.0464. The van der Waals surface area contributed by atoms with Gasteiger partial charge < -0.3 is 0 Å². The highest BCUT2D eigenvalue weighted by molar-refractivity contribution is 6.30. The van der Waals surface area contributed by atoms with Crippen LogP contribution in [0.1, 0.15) is 44.7 Å². The minimum absolute atomic E-state index is 0.0464. The third-order valence-electron chi connectivity index (χ3n) is 3.84. The van der Waals surface area contributed by atoms with Gasteiger partial charge in [-0.2, -0.15) is 0 Å². The number of allylic oxidation sites excluding steroid dienone is 1. The average Bonchev–Trinajstić information content (AvgIpc) is 2.89. The molecule has 0 aromatic heterocycles. The van der Waals surface area contributed by atoms with Crippen molar-refractivity contribution >= 4 is 29.2 Å². The smallest absolute Gasteiger partial charge is 0.166 e. The molecule has 0 amide bonds. The van der Waals surface area contributed by atoms with Gasteiger partial charge >= 0.3 is 0 Å². The van der Waals surface area contributed by atoms with Crippen LogP contribution in [0.4, 0.5) is 0 Å². The highest BCUT2D eigenvalue weighted by Crippen LogP contribution is 2.23. The van der Waals surface area contributed by atoms with Gasteiger partial charge in [-0.15, -0.1) is 0 Å². The van der Waals surface area contributed by atoms with Gasteiger partial charge in [-0.1, -0.05) is 35.9 Å². The fraction of sp³-hybridized carbons (Fsp3) is 0.158. The Morgan fingerprint density at radius 1 is 1.09 bits per heavy atom. The summed E-state index contributed by atoms with van der Waals surface area (Å²) in [5.74, 6) is 0.257. The Morgan fingerprint density at radius 2 is 1.86 bits per heavy atom. The Bertz CT molecular complexity index is 758. The monoisotopic (exact) mass is 310 g/mol. The highest BCUT2D eigenvalue weighted by Gasteiger charge is 2.18. The SMILES string of the molecule is O=C(C/C=C/c1ccc2c(c1)C(=O)CC2)c1ccc(Cl)cc1. The largest absolute Gasteiger partial charge is 0.294 e. The third kappa shape index (κ3) is 3.18. The third-order valence-corrected chi connectivity index (χ3v) is 4.09.